The number of halogens is 2. The van der Waals surface area contributed by atoms with Crippen molar-refractivity contribution in [3.63, 3.8) is 0 Å². The van der Waals surface area contributed by atoms with Gasteiger partial charge in [-0.15, -0.1) is 0 Å². The monoisotopic (exact) mass is 352 g/mol. The van der Waals surface area contributed by atoms with Crippen LogP contribution in [0.2, 0.25) is 0 Å². The van der Waals surface area contributed by atoms with Crippen LogP contribution < -0.4 is 16.0 Å². The van der Waals surface area contributed by atoms with Crippen molar-refractivity contribution in [2.24, 2.45) is 5.84 Å². The highest BCUT2D eigenvalue weighted by Gasteiger charge is 2.22. The van der Waals surface area contributed by atoms with Crippen LogP contribution in [-0.2, 0) is 0 Å². The normalized spacial score (nSPS) is 12.3. The third-order valence-corrected chi connectivity index (χ3v) is 4.16. The van der Waals surface area contributed by atoms with Crippen molar-refractivity contribution in [2.75, 3.05) is 7.11 Å². The van der Waals surface area contributed by atoms with Crippen LogP contribution >= 0.6 is 15.9 Å². The van der Waals surface area contributed by atoms with Crippen molar-refractivity contribution < 1.29 is 9.13 Å². The van der Waals surface area contributed by atoms with Gasteiger partial charge in [0, 0.05) is 15.6 Å². The van der Waals surface area contributed by atoms with Crippen LogP contribution in [0.5, 0.6) is 5.75 Å². The third kappa shape index (κ3) is 3.10. The predicted molar refractivity (Wildman–Crippen MR) is 85.7 cm³/mol. The van der Waals surface area contributed by atoms with Gasteiger partial charge < -0.3 is 4.74 Å². The van der Waals surface area contributed by atoms with Gasteiger partial charge in [0.15, 0.2) is 0 Å². The molecule has 1 atom stereocenters. The minimum atomic E-state index is -0.479. The maximum absolute atomic E-state index is 14.2. The second kappa shape index (κ2) is 6.56. The van der Waals surface area contributed by atoms with E-state index in [9.17, 15) is 4.39 Å². The van der Waals surface area contributed by atoms with E-state index < -0.39 is 6.04 Å². The lowest BCUT2D eigenvalue weighted by Crippen LogP contribution is -2.30. The number of nitrogens with two attached hydrogens (primary N) is 1. The molecule has 3 nitrogen and oxygen atoms in total. The lowest BCUT2D eigenvalue weighted by atomic mass is 9.94. The Labute approximate surface area is 132 Å². The van der Waals surface area contributed by atoms with Gasteiger partial charge in [0.25, 0.3) is 0 Å². The first-order valence-electron chi connectivity index (χ1n) is 6.54. The van der Waals surface area contributed by atoms with Crippen LogP contribution in [0, 0.1) is 19.7 Å². The molecule has 1 unspecified atom stereocenters. The fourth-order valence-electron chi connectivity index (χ4n) is 2.39. The lowest BCUT2D eigenvalue weighted by molar-refractivity contribution is 0.399. The van der Waals surface area contributed by atoms with Gasteiger partial charge in [-0.25, -0.2) is 9.82 Å². The van der Waals surface area contributed by atoms with Gasteiger partial charge in [-0.1, -0.05) is 34.1 Å². The Bertz CT molecular complexity index is 661. The second-order valence-electron chi connectivity index (χ2n) is 4.90. The molecule has 0 bridgehead atoms. The maximum Gasteiger partial charge on any atom is 0.129 e. The number of rotatable bonds is 4. The molecule has 0 fully saturated rings. The first-order valence-corrected chi connectivity index (χ1v) is 7.34. The van der Waals surface area contributed by atoms with Gasteiger partial charge in [0.1, 0.15) is 11.6 Å². The zero-order valence-corrected chi connectivity index (χ0v) is 13.8. The quantitative estimate of drug-likeness (QED) is 0.650. The van der Waals surface area contributed by atoms with E-state index in [1.807, 2.05) is 26.0 Å². The average Bonchev–Trinajstić information content (AvgIpc) is 2.45. The van der Waals surface area contributed by atoms with E-state index in [1.165, 1.54) is 6.07 Å². The highest BCUT2D eigenvalue weighted by molar-refractivity contribution is 9.10. The summed E-state index contributed by atoms with van der Waals surface area (Å²) in [6.07, 6.45) is 0. The van der Waals surface area contributed by atoms with Crippen LogP contribution in [0.4, 0.5) is 4.39 Å². The van der Waals surface area contributed by atoms with Crippen LogP contribution in [-0.4, -0.2) is 7.11 Å². The molecule has 2 aromatic carbocycles. The molecule has 0 spiro atoms. The SMILES string of the molecule is COc1c(C(NN)c2ccc(Br)cc2F)ccc(C)c1C. The molecule has 0 aliphatic rings. The lowest BCUT2D eigenvalue weighted by Gasteiger charge is -2.22. The van der Waals surface area contributed by atoms with Gasteiger partial charge in [-0.2, -0.15) is 0 Å². The molecular weight excluding hydrogens is 335 g/mol. The molecule has 0 heterocycles. The number of hydrogen-bond acceptors (Lipinski definition) is 3. The number of ether oxygens (including phenoxy) is 1. The molecule has 0 radical (unpaired) electrons. The molecule has 3 N–H and O–H groups in total. The summed E-state index contributed by atoms with van der Waals surface area (Å²) in [6.45, 7) is 3.98. The number of aryl methyl sites for hydroxylation is 1. The maximum atomic E-state index is 14.2. The van der Waals surface area contributed by atoms with Crippen LogP contribution in [0.3, 0.4) is 0 Å². The minimum Gasteiger partial charge on any atom is -0.496 e. The summed E-state index contributed by atoms with van der Waals surface area (Å²) in [4.78, 5) is 0. The van der Waals surface area contributed by atoms with Crippen molar-refractivity contribution in [1.82, 2.24) is 5.43 Å². The van der Waals surface area contributed by atoms with E-state index in [2.05, 4.69) is 21.4 Å². The summed E-state index contributed by atoms with van der Waals surface area (Å²) in [5, 5.41) is 0. The minimum absolute atomic E-state index is 0.326. The van der Waals surface area contributed by atoms with E-state index in [0.717, 1.165) is 22.4 Å². The molecule has 2 rings (SSSR count). The molecule has 0 aliphatic heterocycles. The summed E-state index contributed by atoms with van der Waals surface area (Å²) in [5.74, 6) is 6.07. The standard InChI is InChI=1S/C16H18BrFN2O/c1-9-4-6-13(16(21-3)10(9)2)15(20-19)12-7-5-11(17)8-14(12)18/h4-8,15,20H,19H2,1-3H3. The smallest absolute Gasteiger partial charge is 0.129 e. The Morgan fingerprint density at radius 3 is 2.43 bits per heavy atom. The van der Waals surface area contributed by atoms with E-state index >= 15 is 0 Å². The Balaban J connectivity index is 2.59. The van der Waals surface area contributed by atoms with Gasteiger partial charge in [-0.3, -0.25) is 5.84 Å². The molecule has 0 saturated carbocycles. The van der Waals surface area contributed by atoms with Crippen LogP contribution in [0.25, 0.3) is 0 Å². The number of hydrazine groups is 1. The van der Waals surface area contributed by atoms with E-state index in [0.29, 0.717) is 10.0 Å². The van der Waals surface area contributed by atoms with Gasteiger partial charge in [0.2, 0.25) is 0 Å². The molecule has 5 heteroatoms. The topological polar surface area (TPSA) is 47.3 Å². The number of benzene rings is 2. The largest absolute Gasteiger partial charge is 0.496 e. The summed E-state index contributed by atoms with van der Waals surface area (Å²) < 4.78 is 20.4. The van der Waals surface area contributed by atoms with Crippen molar-refractivity contribution in [2.45, 2.75) is 19.9 Å². The van der Waals surface area contributed by atoms with Crippen molar-refractivity contribution in [3.8, 4) is 5.75 Å². The highest BCUT2D eigenvalue weighted by atomic mass is 79.9. The molecular formula is C16H18BrFN2O. The molecule has 0 aromatic heterocycles. The fraction of sp³-hybridized carbons (Fsp3) is 0.250. The molecule has 0 saturated heterocycles. The summed E-state index contributed by atoms with van der Waals surface area (Å²) in [5.41, 5.74) is 6.10. The van der Waals surface area contributed by atoms with Gasteiger partial charge >= 0.3 is 0 Å². The Hall–Kier alpha value is -1.43. The molecule has 2 aromatic rings. The number of hydrogen-bond donors (Lipinski definition) is 2. The van der Waals surface area contributed by atoms with Gasteiger partial charge in [0.05, 0.1) is 13.2 Å². The Morgan fingerprint density at radius 2 is 1.86 bits per heavy atom. The number of nitrogens with one attached hydrogen (secondary N) is 1. The molecule has 21 heavy (non-hydrogen) atoms. The van der Waals surface area contributed by atoms with Crippen molar-refractivity contribution in [3.05, 3.63) is 62.9 Å². The molecule has 0 aliphatic carbocycles. The highest BCUT2D eigenvalue weighted by Crippen LogP contribution is 2.35. The average molecular weight is 353 g/mol. The fourth-order valence-corrected chi connectivity index (χ4v) is 2.73. The van der Waals surface area contributed by atoms with Crippen molar-refractivity contribution in [1.29, 1.82) is 0 Å². The Kier molecular flexibility index (Phi) is 4.98. The van der Waals surface area contributed by atoms with E-state index in [-0.39, 0.29) is 5.82 Å². The first-order chi connectivity index (χ1) is 9.99. The van der Waals surface area contributed by atoms with E-state index in [4.69, 9.17) is 10.6 Å². The molecule has 112 valence electrons. The summed E-state index contributed by atoms with van der Waals surface area (Å²) >= 11 is 3.26. The van der Waals surface area contributed by atoms with Crippen LogP contribution in [0.1, 0.15) is 28.3 Å². The summed E-state index contributed by atoms with van der Waals surface area (Å²) in [6, 6.07) is 8.33. The van der Waals surface area contributed by atoms with E-state index in [1.54, 1.807) is 19.2 Å². The first kappa shape index (κ1) is 15.9. The molecule has 0 amide bonds. The third-order valence-electron chi connectivity index (χ3n) is 3.66. The number of methoxy groups -OCH3 is 1. The predicted octanol–water partition coefficient (Wildman–Crippen LogP) is 3.77. The zero-order chi connectivity index (χ0) is 15.6. The second-order valence-corrected chi connectivity index (χ2v) is 5.81. The summed E-state index contributed by atoms with van der Waals surface area (Å²) in [7, 11) is 1.61. The van der Waals surface area contributed by atoms with Crippen LogP contribution in [0.15, 0.2) is 34.8 Å². The Morgan fingerprint density at radius 1 is 1.19 bits per heavy atom. The van der Waals surface area contributed by atoms with Gasteiger partial charge in [-0.05, 0) is 37.1 Å². The van der Waals surface area contributed by atoms with Crippen molar-refractivity contribution >= 4 is 15.9 Å². The zero-order valence-electron chi connectivity index (χ0n) is 12.2.